The van der Waals surface area contributed by atoms with Gasteiger partial charge in [0.05, 0.1) is 22.1 Å². The molecule has 1 aliphatic carbocycles. The first-order chi connectivity index (χ1) is 11.6. The average Bonchev–Trinajstić information content (AvgIpc) is 2.58. The summed E-state index contributed by atoms with van der Waals surface area (Å²) in [5.74, 6) is -0.336. The minimum Gasteiger partial charge on any atom is -0.356 e. The second-order valence-electron chi connectivity index (χ2n) is 5.98. The van der Waals surface area contributed by atoms with Crippen molar-refractivity contribution in [3.8, 4) is 0 Å². The van der Waals surface area contributed by atoms with Crippen LogP contribution in [0.2, 0.25) is 0 Å². The molecule has 0 amide bonds. The van der Waals surface area contributed by atoms with Crippen LogP contribution in [0.4, 0.5) is 0 Å². The highest BCUT2D eigenvalue weighted by atomic mass is 35.5. The summed E-state index contributed by atoms with van der Waals surface area (Å²) in [6, 6.07) is 20.0. The number of halogens is 2. The molecule has 0 aromatic heterocycles. The highest BCUT2D eigenvalue weighted by Gasteiger charge is 2.58. The molecule has 1 aliphatic heterocycles. The Kier molecular flexibility index (Phi) is 3.84. The van der Waals surface area contributed by atoms with Gasteiger partial charge in [0.1, 0.15) is 5.60 Å². The van der Waals surface area contributed by atoms with Gasteiger partial charge in [-0.1, -0.05) is 83.9 Å². The van der Waals surface area contributed by atoms with E-state index in [1.54, 1.807) is 6.08 Å². The van der Waals surface area contributed by atoms with E-state index in [1.807, 2.05) is 60.7 Å². The van der Waals surface area contributed by atoms with Crippen LogP contribution >= 0.6 is 23.2 Å². The van der Waals surface area contributed by atoms with Gasteiger partial charge in [0.2, 0.25) is 0 Å². The third-order valence-electron chi connectivity index (χ3n) is 4.58. The number of ketones is 1. The van der Waals surface area contributed by atoms with Gasteiger partial charge in [0, 0.05) is 6.08 Å². The summed E-state index contributed by atoms with van der Waals surface area (Å²) in [7, 11) is 0. The van der Waals surface area contributed by atoms with Crippen molar-refractivity contribution in [2.24, 2.45) is 0 Å². The summed E-state index contributed by atoms with van der Waals surface area (Å²) >= 11 is 12.5. The van der Waals surface area contributed by atoms with E-state index in [4.69, 9.17) is 27.9 Å². The van der Waals surface area contributed by atoms with Gasteiger partial charge in [-0.25, -0.2) is 0 Å². The predicted octanol–water partition coefficient (Wildman–Crippen LogP) is 5.11. The van der Waals surface area contributed by atoms with E-state index in [9.17, 15) is 4.79 Å². The zero-order chi connectivity index (χ0) is 16.7. The van der Waals surface area contributed by atoms with Crippen molar-refractivity contribution in [3.63, 3.8) is 0 Å². The van der Waals surface area contributed by atoms with Crippen LogP contribution in [0, 0.1) is 0 Å². The summed E-state index contributed by atoms with van der Waals surface area (Å²) in [5, 5.41) is 0.518. The first-order valence-electron chi connectivity index (χ1n) is 7.70. The molecule has 4 heteroatoms. The maximum Gasteiger partial charge on any atom is 0.198 e. The van der Waals surface area contributed by atoms with Gasteiger partial charge in [-0.15, -0.1) is 0 Å². The zero-order valence-corrected chi connectivity index (χ0v) is 14.2. The van der Waals surface area contributed by atoms with Gasteiger partial charge in [-0.2, -0.15) is 0 Å². The lowest BCUT2D eigenvalue weighted by Crippen LogP contribution is -2.54. The minimum absolute atomic E-state index is 0.0494. The molecule has 2 aliphatic rings. The molecule has 2 aromatic rings. The zero-order valence-electron chi connectivity index (χ0n) is 12.7. The summed E-state index contributed by atoms with van der Waals surface area (Å²) in [6.45, 7) is 0. The van der Waals surface area contributed by atoms with Crippen molar-refractivity contribution in [1.82, 2.24) is 0 Å². The minimum atomic E-state index is -0.881. The number of rotatable bonds is 2. The van der Waals surface area contributed by atoms with Crippen LogP contribution in [0.25, 0.3) is 0 Å². The fourth-order valence-corrected chi connectivity index (χ4v) is 3.98. The predicted molar refractivity (Wildman–Crippen MR) is 95.1 cm³/mol. The third kappa shape index (κ3) is 2.34. The summed E-state index contributed by atoms with van der Waals surface area (Å²) < 4.78 is 6.24. The summed E-state index contributed by atoms with van der Waals surface area (Å²) in [5.41, 5.74) is 1.29. The maximum atomic E-state index is 11.8. The SMILES string of the molecule is O=C1C=C(Cl)C2(C=C1Cl)O[C@H](c1ccccc1)[C@H]2c1ccccc1. The molecular formula is C20H14Cl2O2. The van der Waals surface area contributed by atoms with Gasteiger partial charge in [0.25, 0.3) is 0 Å². The van der Waals surface area contributed by atoms with Crippen LogP contribution in [-0.4, -0.2) is 11.4 Å². The first kappa shape index (κ1) is 15.6. The molecule has 0 radical (unpaired) electrons. The lowest BCUT2D eigenvalue weighted by Gasteiger charge is -2.54. The Morgan fingerprint density at radius 1 is 0.875 bits per heavy atom. The molecule has 1 heterocycles. The molecule has 24 heavy (non-hydrogen) atoms. The average molecular weight is 357 g/mol. The molecule has 1 spiro atoms. The van der Waals surface area contributed by atoms with Crippen LogP contribution in [0.15, 0.2) is 82.9 Å². The molecule has 1 fully saturated rings. The number of hydrogen-bond donors (Lipinski definition) is 0. The Balaban J connectivity index is 1.82. The van der Waals surface area contributed by atoms with Gasteiger partial charge in [-0.3, -0.25) is 4.79 Å². The molecule has 2 nitrogen and oxygen atoms in total. The number of carbonyl (C=O) groups excluding carboxylic acids is 1. The van der Waals surface area contributed by atoms with Crippen LogP contribution in [0.5, 0.6) is 0 Å². The normalized spacial score (nSPS) is 29.0. The topological polar surface area (TPSA) is 26.3 Å². The molecule has 4 rings (SSSR count). The Morgan fingerprint density at radius 3 is 2.08 bits per heavy atom. The number of allylic oxidation sites excluding steroid dienone is 2. The first-order valence-corrected chi connectivity index (χ1v) is 8.45. The molecule has 3 atom stereocenters. The van der Waals surface area contributed by atoms with E-state index in [0.29, 0.717) is 5.03 Å². The standard InChI is InChI=1S/C20H14Cl2O2/c21-15-12-20(17(22)11-16(15)23)18(13-7-3-1-4-8-13)19(24-20)14-9-5-2-6-10-14/h1-12,18-19H/t18-,19-,20?/m1/s1. The van der Waals surface area contributed by atoms with Gasteiger partial charge >= 0.3 is 0 Å². The number of ether oxygens (including phenoxy) is 1. The highest BCUT2D eigenvalue weighted by molar-refractivity contribution is 6.46. The van der Waals surface area contributed by atoms with Gasteiger partial charge in [0.15, 0.2) is 5.78 Å². The summed E-state index contributed by atoms with van der Waals surface area (Å²) in [4.78, 5) is 11.8. The van der Waals surface area contributed by atoms with E-state index in [2.05, 4.69) is 0 Å². The smallest absolute Gasteiger partial charge is 0.198 e. The van der Waals surface area contributed by atoms with Gasteiger partial charge < -0.3 is 4.74 Å². The Labute approximate surface area is 150 Å². The van der Waals surface area contributed by atoms with Crippen LogP contribution in [0.3, 0.4) is 0 Å². The van der Waals surface area contributed by atoms with Crippen molar-refractivity contribution in [2.45, 2.75) is 17.6 Å². The Hall–Kier alpha value is -1.87. The molecule has 0 saturated carbocycles. The number of benzene rings is 2. The van der Waals surface area contributed by atoms with E-state index in [1.165, 1.54) is 6.08 Å². The fourth-order valence-electron chi connectivity index (χ4n) is 3.44. The largest absolute Gasteiger partial charge is 0.356 e. The van der Waals surface area contributed by atoms with Crippen LogP contribution < -0.4 is 0 Å². The molecule has 1 saturated heterocycles. The monoisotopic (exact) mass is 356 g/mol. The van der Waals surface area contributed by atoms with Gasteiger partial charge in [-0.05, 0) is 17.2 Å². The van der Waals surface area contributed by atoms with Crippen LogP contribution in [0.1, 0.15) is 23.1 Å². The Bertz CT molecular complexity index is 842. The van der Waals surface area contributed by atoms with Crippen molar-refractivity contribution in [3.05, 3.63) is 94.0 Å². The van der Waals surface area contributed by atoms with Crippen LogP contribution in [-0.2, 0) is 9.53 Å². The Morgan fingerprint density at radius 2 is 1.46 bits per heavy atom. The number of carbonyl (C=O) groups is 1. The van der Waals surface area contributed by atoms with Crippen molar-refractivity contribution < 1.29 is 9.53 Å². The summed E-state index contributed by atoms with van der Waals surface area (Å²) in [6.07, 6.45) is 2.86. The lowest BCUT2D eigenvalue weighted by molar-refractivity contribution is -0.180. The molecular weight excluding hydrogens is 343 g/mol. The highest BCUT2D eigenvalue weighted by Crippen LogP contribution is 2.60. The lowest BCUT2D eigenvalue weighted by atomic mass is 9.69. The fraction of sp³-hybridized carbons (Fsp3) is 0.150. The molecule has 120 valence electrons. The van der Waals surface area contributed by atoms with Crippen molar-refractivity contribution in [2.75, 3.05) is 0 Å². The van der Waals surface area contributed by atoms with Crippen molar-refractivity contribution >= 4 is 29.0 Å². The van der Waals surface area contributed by atoms with E-state index in [-0.39, 0.29) is 22.8 Å². The van der Waals surface area contributed by atoms with E-state index >= 15 is 0 Å². The molecule has 0 N–H and O–H groups in total. The second-order valence-corrected chi connectivity index (χ2v) is 6.79. The molecule has 2 aromatic carbocycles. The second kappa shape index (κ2) is 5.89. The molecule has 1 unspecified atom stereocenters. The third-order valence-corrected chi connectivity index (χ3v) is 5.28. The molecule has 0 bridgehead atoms. The quantitative estimate of drug-likeness (QED) is 0.747. The van der Waals surface area contributed by atoms with E-state index < -0.39 is 5.60 Å². The van der Waals surface area contributed by atoms with Crippen molar-refractivity contribution in [1.29, 1.82) is 0 Å². The van der Waals surface area contributed by atoms with E-state index in [0.717, 1.165) is 11.1 Å². The number of hydrogen-bond acceptors (Lipinski definition) is 2. The maximum absolute atomic E-state index is 11.8.